The third-order valence-corrected chi connectivity index (χ3v) is 2.92. The minimum absolute atomic E-state index is 0.553. The van der Waals surface area contributed by atoms with Gasteiger partial charge in [-0.3, -0.25) is 0 Å². The second kappa shape index (κ2) is 3.26. The number of hydrogen-bond acceptors (Lipinski definition) is 3. The number of nitrogen functional groups attached to an aromatic ring is 1. The number of rotatable bonds is 2. The molecule has 0 unspecified atom stereocenters. The van der Waals surface area contributed by atoms with E-state index in [4.69, 9.17) is 15.2 Å². The Labute approximate surface area is 83.8 Å². The smallest absolute Gasteiger partial charge is 0.194 e. The van der Waals surface area contributed by atoms with Crippen LogP contribution < -0.4 is 5.73 Å². The zero-order valence-corrected chi connectivity index (χ0v) is 8.54. The van der Waals surface area contributed by atoms with Crippen LogP contribution in [0.2, 0.25) is 0 Å². The second-order valence-corrected chi connectivity index (χ2v) is 3.58. The summed E-state index contributed by atoms with van der Waals surface area (Å²) in [6.07, 6.45) is 1.82. The molecule has 1 aromatic rings. The molecule has 76 valence electrons. The molecule has 0 saturated carbocycles. The van der Waals surface area contributed by atoms with Gasteiger partial charge in [-0.2, -0.15) is 0 Å². The number of hydrogen-bond donors (Lipinski definition) is 1. The lowest BCUT2D eigenvalue weighted by atomic mass is 10.1. The average molecular weight is 193 g/mol. The molecule has 3 heteroatoms. The summed E-state index contributed by atoms with van der Waals surface area (Å²) in [5.74, 6) is -0.553. The van der Waals surface area contributed by atoms with Gasteiger partial charge >= 0.3 is 0 Å². The van der Waals surface area contributed by atoms with Crippen molar-refractivity contribution in [3.63, 3.8) is 0 Å². The summed E-state index contributed by atoms with van der Waals surface area (Å²) >= 11 is 0. The van der Waals surface area contributed by atoms with Gasteiger partial charge in [-0.25, -0.2) is 0 Å². The molecule has 0 aliphatic heterocycles. The largest absolute Gasteiger partial charge is 0.399 e. The van der Waals surface area contributed by atoms with E-state index in [9.17, 15) is 0 Å². The quantitative estimate of drug-likeness (QED) is 0.574. The van der Waals surface area contributed by atoms with Gasteiger partial charge < -0.3 is 15.2 Å². The van der Waals surface area contributed by atoms with Gasteiger partial charge in [0.05, 0.1) is 0 Å². The molecule has 0 fully saturated rings. The van der Waals surface area contributed by atoms with Crippen LogP contribution in [0.25, 0.3) is 0 Å². The van der Waals surface area contributed by atoms with Crippen molar-refractivity contribution in [3.05, 3.63) is 29.3 Å². The van der Waals surface area contributed by atoms with Crippen molar-refractivity contribution in [1.29, 1.82) is 0 Å². The van der Waals surface area contributed by atoms with Crippen molar-refractivity contribution < 1.29 is 9.47 Å². The molecule has 1 aromatic carbocycles. The number of benzene rings is 1. The van der Waals surface area contributed by atoms with Crippen molar-refractivity contribution in [2.75, 3.05) is 20.0 Å². The maximum atomic E-state index is 5.72. The molecule has 0 radical (unpaired) electrons. The summed E-state index contributed by atoms with van der Waals surface area (Å²) in [5, 5.41) is 0. The summed E-state index contributed by atoms with van der Waals surface area (Å²) in [7, 11) is 3.35. The Balaban J connectivity index is 2.48. The predicted molar refractivity (Wildman–Crippen MR) is 54.9 cm³/mol. The summed E-state index contributed by atoms with van der Waals surface area (Å²) in [6.45, 7) is 0. The van der Waals surface area contributed by atoms with E-state index in [2.05, 4.69) is 0 Å². The van der Waals surface area contributed by atoms with Crippen LogP contribution in [0.4, 0.5) is 5.69 Å². The minimum atomic E-state index is -0.553. The first kappa shape index (κ1) is 9.49. The van der Waals surface area contributed by atoms with E-state index in [-0.39, 0.29) is 0 Å². The number of ether oxygens (including phenoxy) is 2. The van der Waals surface area contributed by atoms with Crippen LogP contribution in [0.5, 0.6) is 0 Å². The van der Waals surface area contributed by atoms with Crippen molar-refractivity contribution in [2.45, 2.75) is 18.6 Å². The number of anilines is 1. The summed E-state index contributed by atoms with van der Waals surface area (Å²) in [5.41, 5.74) is 8.86. The Hall–Kier alpha value is -1.06. The van der Waals surface area contributed by atoms with Crippen molar-refractivity contribution in [3.8, 4) is 0 Å². The zero-order chi connectivity index (χ0) is 10.2. The molecule has 2 rings (SSSR count). The standard InChI is InChI=1S/C11H15NO2/c1-13-11(14-2)6-5-8-7-9(12)3-4-10(8)11/h3-4,7H,5-6,12H2,1-2H3. The molecule has 0 amide bonds. The third-order valence-electron chi connectivity index (χ3n) is 2.92. The van der Waals surface area contributed by atoms with Crippen LogP contribution in [0.15, 0.2) is 18.2 Å². The summed E-state index contributed by atoms with van der Waals surface area (Å²) in [4.78, 5) is 0. The molecule has 1 aliphatic rings. The summed E-state index contributed by atoms with van der Waals surface area (Å²) in [6, 6.07) is 5.87. The lowest BCUT2D eigenvalue weighted by Crippen LogP contribution is -2.27. The molecule has 0 saturated heterocycles. The van der Waals surface area contributed by atoms with Gasteiger partial charge in [0.2, 0.25) is 0 Å². The van der Waals surface area contributed by atoms with Crippen molar-refractivity contribution in [2.24, 2.45) is 0 Å². The first-order valence-corrected chi connectivity index (χ1v) is 4.71. The van der Waals surface area contributed by atoms with Crippen LogP contribution in [-0.4, -0.2) is 14.2 Å². The van der Waals surface area contributed by atoms with Gasteiger partial charge in [0.1, 0.15) is 0 Å². The molecular weight excluding hydrogens is 178 g/mol. The van der Waals surface area contributed by atoms with Gasteiger partial charge in [-0.15, -0.1) is 0 Å². The van der Waals surface area contributed by atoms with Gasteiger partial charge in [-0.05, 0) is 24.1 Å². The molecule has 2 N–H and O–H groups in total. The highest BCUT2D eigenvalue weighted by Crippen LogP contribution is 2.40. The first-order valence-electron chi connectivity index (χ1n) is 4.71. The van der Waals surface area contributed by atoms with Crippen molar-refractivity contribution >= 4 is 5.69 Å². The van der Waals surface area contributed by atoms with Crippen LogP contribution >= 0.6 is 0 Å². The molecule has 0 spiro atoms. The topological polar surface area (TPSA) is 44.5 Å². The molecule has 0 atom stereocenters. The second-order valence-electron chi connectivity index (χ2n) is 3.58. The fraction of sp³-hybridized carbons (Fsp3) is 0.455. The maximum Gasteiger partial charge on any atom is 0.194 e. The van der Waals surface area contributed by atoms with Crippen LogP contribution in [0, 0.1) is 0 Å². The SMILES string of the molecule is COC1(OC)CCc2cc(N)ccc21. The van der Waals surface area contributed by atoms with E-state index in [1.807, 2.05) is 18.2 Å². The first-order chi connectivity index (χ1) is 6.72. The number of methoxy groups -OCH3 is 2. The number of fused-ring (bicyclic) bond motifs is 1. The van der Waals surface area contributed by atoms with Gasteiger partial charge in [-0.1, -0.05) is 6.07 Å². The normalized spacial score (nSPS) is 18.1. The van der Waals surface area contributed by atoms with Gasteiger partial charge in [0, 0.05) is 31.9 Å². The lowest BCUT2D eigenvalue weighted by Gasteiger charge is -2.26. The number of aryl methyl sites for hydroxylation is 1. The fourth-order valence-corrected chi connectivity index (χ4v) is 2.13. The monoisotopic (exact) mass is 193 g/mol. The maximum absolute atomic E-state index is 5.72. The van der Waals surface area contributed by atoms with E-state index in [0.717, 1.165) is 24.1 Å². The third kappa shape index (κ3) is 1.21. The van der Waals surface area contributed by atoms with E-state index >= 15 is 0 Å². The highest BCUT2D eigenvalue weighted by atomic mass is 16.7. The van der Waals surface area contributed by atoms with Crippen LogP contribution in [0.3, 0.4) is 0 Å². The zero-order valence-electron chi connectivity index (χ0n) is 8.54. The average Bonchev–Trinajstić information content (AvgIpc) is 2.56. The molecule has 0 heterocycles. The Morgan fingerprint density at radius 2 is 2.00 bits per heavy atom. The van der Waals surface area contributed by atoms with Gasteiger partial charge in [0.25, 0.3) is 0 Å². The Bertz CT molecular complexity index is 345. The van der Waals surface area contributed by atoms with Crippen molar-refractivity contribution in [1.82, 2.24) is 0 Å². The van der Waals surface area contributed by atoms with E-state index < -0.39 is 5.79 Å². The molecule has 0 bridgehead atoms. The molecule has 0 aromatic heterocycles. The molecule has 14 heavy (non-hydrogen) atoms. The molecular formula is C11H15NO2. The van der Waals surface area contributed by atoms with Crippen LogP contribution in [-0.2, 0) is 21.7 Å². The Morgan fingerprint density at radius 3 is 2.64 bits per heavy atom. The fourth-order valence-electron chi connectivity index (χ4n) is 2.13. The molecule has 1 aliphatic carbocycles. The lowest BCUT2D eigenvalue weighted by molar-refractivity contribution is -0.213. The summed E-state index contributed by atoms with van der Waals surface area (Å²) < 4.78 is 10.9. The Morgan fingerprint density at radius 1 is 1.29 bits per heavy atom. The van der Waals surface area contributed by atoms with E-state index in [1.54, 1.807) is 14.2 Å². The highest BCUT2D eigenvalue weighted by Gasteiger charge is 2.38. The van der Waals surface area contributed by atoms with E-state index in [1.165, 1.54) is 5.56 Å². The van der Waals surface area contributed by atoms with E-state index in [0.29, 0.717) is 0 Å². The number of nitrogens with two attached hydrogens (primary N) is 1. The van der Waals surface area contributed by atoms with Gasteiger partial charge in [0.15, 0.2) is 5.79 Å². The van der Waals surface area contributed by atoms with Crippen LogP contribution in [0.1, 0.15) is 17.5 Å². The highest BCUT2D eigenvalue weighted by molar-refractivity contribution is 5.48. The predicted octanol–water partition coefficient (Wildman–Crippen LogP) is 1.66. The minimum Gasteiger partial charge on any atom is -0.399 e. The molecule has 3 nitrogen and oxygen atoms in total. The Kier molecular flexibility index (Phi) is 2.21.